The predicted molar refractivity (Wildman–Crippen MR) is 94.1 cm³/mol. The van der Waals surface area contributed by atoms with E-state index in [1.165, 1.54) is 0 Å². The van der Waals surface area contributed by atoms with E-state index in [-0.39, 0.29) is 12.5 Å². The molecule has 0 bridgehead atoms. The van der Waals surface area contributed by atoms with E-state index in [9.17, 15) is 9.59 Å². The van der Waals surface area contributed by atoms with Crippen LogP contribution in [0, 0.1) is 0 Å². The topological polar surface area (TPSA) is 55.4 Å². The third kappa shape index (κ3) is 5.39. The molecule has 0 fully saturated rings. The minimum atomic E-state index is -0.511. The fourth-order valence-electron chi connectivity index (χ4n) is 2.12. The van der Waals surface area contributed by atoms with Gasteiger partial charge in [0.05, 0.1) is 5.56 Å². The molecule has 2 aromatic rings. The van der Waals surface area contributed by atoms with Crippen molar-refractivity contribution in [1.29, 1.82) is 0 Å². The Kier molecular flexibility index (Phi) is 6.38. The van der Waals surface area contributed by atoms with Crippen molar-refractivity contribution >= 4 is 23.5 Å². The normalized spacial score (nSPS) is 10.5. The standard InChI is InChI=1S/C19H20ClNO3/c1-13(2)15-6-8-16(9-7-15)19(23)24-12-18(22)21-11-14-4-3-5-17(20)10-14/h3-10,13H,11-12H2,1-2H3,(H,21,22). The Morgan fingerprint density at radius 3 is 2.46 bits per heavy atom. The number of ether oxygens (including phenoxy) is 1. The van der Waals surface area contributed by atoms with Crippen LogP contribution >= 0.6 is 11.6 Å². The second kappa shape index (κ2) is 8.50. The van der Waals surface area contributed by atoms with Crippen LogP contribution in [0.4, 0.5) is 0 Å². The van der Waals surface area contributed by atoms with Crippen LogP contribution in [0.2, 0.25) is 5.02 Å². The highest BCUT2D eigenvalue weighted by Crippen LogP contribution is 2.15. The number of esters is 1. The predicted octanol–water partition coefficient (Wildman–Crippen LogP) is 3.94. The summed E-state index contributed by atoms with van der Waals surface area (Å²) in [5, 5.41) is 3.29. The van der Waals surface area contributed by atoms with Crippen LogP contribution in [0.15, 0.2) is 48.5 Å². The Balaban J connectivity index is 1.79. The summed E-state index contributed by atoms with van der Waals surface area (Å²) in [6, 6.07) is 14.4. The van der Waals surface area contributed by atoms with Crippen molar-refractivity contribution in [3.63, 3.8) is 0 Å². The summed E-state index contributed by atoms with van der Waals surface area (Å²) < 4.78 is 5.03. The smallest absolute Gasteiger partial charge is 0.338 e. The molecule has 0 heterocycles. The van der Waals surface area contributed by atoms with Crippen molar-refractivity contribution in [2.45, 2.75) is 26.3 Å². The number of halogens is 1. The fourth-order valence-corrected chi connectivity index (χ4v) is 2.33. The Bertz CT molecular complexity index is 711. The number of rotatable bonds is 6. The number of hydrogen-bond donors (Lipinski definition) is 1. The van der Waals surface area contributed by atoms with Crippen molar-refractivity contribution in [1.82, 2.24) is 5.32 Å². The lowest BCUT2D eigenvalue weighted by Crippen LogP contribution is -2.28. The molecule has 0 saturated heterocycles. The van der Waals surface area contributed by atoms with Gasteiger partial charge in [-0.05, 0) is 41.3 Å². The second-order valence-electron chi connectivity index (χ2n) is 5.76. The van der Waals surface area contributed by atoms with Crippen molar-refractivity contribution in [2.24, 2.45) is 0 Å². The van der Waals surface area contributed by atoms with Crippen molar-refractivity contribution < 1.29 is 14.3 Å². The number of carbonyl (C=O) groups excluding carboxylic acids is 2. The average Bonchev–Trinajstić information content (AvgIpc) is 2.58. The third-order valence-electron chi connectivity index (χ3n) is 3.53. The van der Waals surface area contributed by atoms with E-state index < -0.39 is 5.97 Å². The van der Waals surface area contributed by atoms with Gasteiger partial charge in [0.2, 0.25) is 0 Å². The first-order valence-corrected chi connectivity index (χ1v) is 8.11. The molecule has 1 N–H and O–H groups in total. The van der Waals surface area contributed by atoms with Gasteiger partial charge >= 0.3 is 5.97 Å². The lowest BCUT2D eigenvalue weighted by atomic mass is 10.0. The molecule has 2 aromatic carbocycles. The molecule has 0 aromatic heterocycles. The minimum Gasteiger partial charge on any atom is -0.452 e. The van der Waals surface area contributed by atoms with Crippen LogP contribution in [-0.4, -0.2) is 18.5 Å². The molecule has 4 nitrogen and oxygen atoms in total. The summed E-state index contributed by atoms with van der Waals surface area (Å²) >= 11 is 5.88. The highest BCUT2D eigenvalue weighted by atomic mass is 35.5. The largest absolute Gasteiger partial charge is 0.452 e. The van der Waals surface area contributed by atoms with Gasteiger partial charge in [-0.25, -0.2) is 4.79 Å². The van der Waals surface area contributed by atoms with Gasteiger partial charge in [-0.1, -0.05) is 49.7 Å². The molecule has 1 amide bonds. The summed E-state index contributed by atoms with van der Waals surface area (Å²) in [4.78, 5) is 23.7. The van der Waals surface area contributed by atoms with Crippen LogP contribution in [0.3, 0.4) is 0 Å². The molecular weight excluding hydrogens is 326 g/mol. The van der Waals surface area contributed by atoms with Crippen molar-refractivity contribution in [3.8, 4) is 0 Å². The van der Waals surface area contributed by atoms with Crippen LogP contribution < -0.4 is 5.32 Å². The quantitative estimate of drug-likeness (QED) is 0.807. The molecule has 0 saturated carbocycles. The first-order chi connectivity index (χ1) is 11.5. The van der Waals surface area contributed by atoms with Crippen LogP contribution in [0.25, 0.3) is 0 Å². The lowest BCUT2D eigenvalue weighted by molar-refractivity contribution is -0.124. The van der Waals surface area contributed by atoms with Crippen LogP contribution in [0.1, 0.15) is 41.3 Å². The van der Waals surface area contributed by atoms with Gasteiger partial charge in [-0.15, -0.1) is 0 Å². The highest BCUT2D eigenvalue weighted by Gasteiger charge is 2.10. The lowest BCUT2D eigenvalue weighted by Gasteiger charge is -2.08. The van der Waals surface area contributed by atoms with Crippen LogP contribution in [0.5, 0.6) is 0 Å². The highest BCUT2D eigenvalue weighted by molar-refractivity contribution is 6.30. The third-order valence-corrected chi connectivity index (χ3v) is 3.76. The Morgan fingerprint density at radius 2 is 1.83 bits per heavy atom. The van der Waals surface area contributed by atoms with Crippen molar-refractivity contribution in [2.75, 3.05) is 6.61 Å². The zero-order valence-corrected chi connectivity index (χ0v) is 14.5. The molecule has 0 atom stereocenters. The van der Waals surface area contributed by atoms with E-state index in [2.05, 4.69) is 19.2 Å². The molecule has 126 valence electrons. The molecule has 5 heteroatoms. The Morgan fingerprint density at radius 1 is 1.12 bits per heavy atom. The number of amides is 1. The maximum Gasteiger partial charge on any atom is 0.338 e. The average molecular weight is 346 g/mol. The summed E-state index contributed by atoms with van der Waals surface area (Å²) in [5.41, 5.74) is 2.46. The number of benzene rings is 2. The van der Waals surface area contributed by atoms with E-state index in [1.54, 1.807) is 24.3 Å². The minimum absolute atomic E-state index is 0.314. The molecule has 0 aliphatic rings. The Hall–Kier alpha value is -2.33. The monoisotopic (exact) mass is 345 g/mol. The van der Waals surface area contributed by atoms with E-state index in [1.807, 2.05) is 24.3 Å². The SMILES string of the molecule is CC(C)c1ccc(C(=O)OCC(=O)NCc2cccc(Cl)c2)cc1. The fraction of sp³-hybridized carbons (Fsp3) is 0.263. The van der Waals surface area contributed by atoms with Gasteiger partial charge in [0.25, 0.3) is 5.91 Å². The summed E-state index contributed by atoms with van der Waals surface area (Å²) in [6.45, 7) is 4.18. The maximum absolute atomic E-state index is 11.9. The van der Waals surface area contributed by atoms with Gasteiger partial charge in [-0.3, -0.25) is 4.79 Å². The van der Waals surface area contributed by atoms with Gasteiger partial charge in [-0.2, -0.15) is 0 Å². The zero-order chi connectivity index (χ0) is 17.5. The Labute approximate surface area is 146 Å². The molecule has 0 unspecified atom stereocenters. The molecule has 24 heavy (non-hydrogen) atoms. The van der Waals surface area contributed by atoms with Crippen LogP contribution in [-0.2, 0) is 16.1 Å². The van der Waals surface area contributed by atoms with E-state index in [0.29, 0.717) is 23.0 Å². The molecule has 2 rings (SSSR count). The second-order valence-corrected chi connectivity index (χ2v) is 6.20. The van der Waals surface area contributed by atoms with Crippen molar-refractivity contribution in [3.05, 3.63) is 70.2 Å². The van der Waals surface area contributed by atoms with Gasteiger partial charge in [0, 0.05) is 11.6 Å². The summed E-state index contributed by atoms with van der Waals surface area (Å²) in [5.74, 6) is -0.474. The first kappa shape index (κ1) is 18.0. The molecule has 0 aliphatic carbocycles. The summed E-state index contributed by atoms with van der Waals surface area (Å²) in [7, 11) is 0. The van der Waals surface area contributed by atoms with E-state index >= 15 is 0 Å². The summed E-state index contributed by atoms with van der Waals surface area (Å²) in [6.07, 6.45) is 0. The number of nitrogens with one attached hydrogen (secondary N) is 1. The van der Waals surface area contributed by atoms with E-state index in [4.69, 9.17) is 16.3 Å². The van der Waals surface area contributed by atoms with E-state index in [0.717, 1.165) is 11.1 Å². The number of carbonyl (C=O) groups is 2. The number of hydrogen-bond acceptors (Lipinski definition) is 3. The first-order valence-electron chi connectivity index (χ1n) is 7.74. The molecular formula is C19H20ClNO3. The maximum atomic E-state index is 11.9. The molecule has 0 radical (unpaired) electrons. The molecule has 0 spiro atoms. The van der Waals surface area contributed by atoms with Gasteiger partial charge in [0.15, 0.2) is 6.61 Å². The van der Waals surface area contributed by atoms with Gasteiger partial charge < -0.3 is 10.1 Å². The molecule has 0 aliphatic heterocycles. The zero-order valence-electron chi connectivity index (χ0n) is 13.7. The van der Waals surface area contributed by atoms with Gasteiger partial charge in [0.1, 0.15) is 0 Å².